The second-order valence-electron chi connectivity index (χ2n) is 7.06. The third kappa shape index (κ3) is 3.85. The minimum atomic E-state index is -0.590. The Kier molecular flexibility index (Phi) is 4.83. The first-order chi connectivity index (χ1) is 11.1. The van der Waals surface area contributed by atoms with Gasteiger partial charge in [-0.15, -0.1) is 0 Å². The highest BCUT2D eigenvalue weighted by molar-refractivity contribution is 5.94. The molecule has 0 fully saturated rings. The molecule has 2 rings (SSSR count). The molecule has 1 aromatic carbocycles. The molecule has 1 aliphatic rings. The Bertz CT molecular complexity index is 700. The molecule has 0 aliphatic carbocycles. The predicted octanol–water partition coefficient (Wildman–Crippen LogP) is 3.27. The molecule has 1 N–H and O–H groups in total. The Balaban J connectivity index is 2.37. The summed E-state index contributed by atoms with van der Waals surface area (Å²) in [6.07, 6.45) is 0.0463. The van der Waals surface area contributed by atoms with E-state index in [-0.39, 0.29) is 18.0 Å². The lowest BCUT2D eigenvalue weighted by atomic mass is 9.90. The summed E-state index contributed by atoms with van der Waals surface area (Å²) in [5, 5.41) is 12.0. The maximum Gasteiger partial charge on any atom is 0.408 e. The molecule has 2 amide bonds. The summed E-state index contributed by atoms with van der Waals surface area (Å²) in [7, 11) is 0. The number of carbonyl (C=O) groups is 2. The van der Waals surface area contributed by atoms with Crippen molar-refractivity contribution in [3.8, 4) is 6.07 Å². The topological polar surface area (TPSA) is 82.4 Å². The first-order valence-electron chi connectivity index (χ1n) is 7.95. The molecule has 1 aromatic rings. The number of nitrogens with zero attached hydrogens (tertiary/aromatic N) is 2. The van der Waals surface area contributed by atoms with Crippen LogP contribution in [0.3, 0.4) is 0 Å². The lowest BCUT2D eigenvalue weighted by Gasteiger charge is -2.39. The highest BCUT2D eigenvalue weighted by Gasteiger charge is 2.34. The van der Waals surface area contributed by atoms with Crippen LogP contribution in [0.15, 0.2) is 18.2 Å². The fourth-order valence-corrected chi connectivity index (χ4v) is 3.00. The van der Waals surface area contributed by atoms with E-state index >= 15 is 0 Å². The number of nitrogens with one attached hydrogen (secondary N) is 1. The van der Waals surface area contributed by atoms with Crippen molar-refractivity contribution >= 4 is 17.7 Å². The van der Waals surface area contributed by atoms with Gasteiger partial charge in [-0.1, -0.05) is 0 Å². The first-order valence-corrected chi connectivity index (χ1v) is 7.95. The molecule has 6 nitrogen and oxygen atoms in total. The van der Waals surface area contributed by atoms with E-state index in [9.17, 15) is 9.59 Å². The van der Waals surface area contributed by atoms with Crippen LogP contribution in [0.2, 0.25) is 0 Å². The molecule has 0 unspecified atom stereocenters. The number of hydrogen-bond donors (Lipinski definition) is 1. The van der Waals surface area contributed by atoms with Gasteiger partial charge in [-0.2, -0.15) is 5.26 Å². The molecule has 2 atom stereocenters. The minimum absolute atomic E-state index is 0.0656. The zero-order valence-corrected chi connectivity index (χ0v) is 14.7. The van der Waals surface area contributed by atoms with Gasteiger partial charge in [-0.05, 0) is 57.9 Å². The zero-order valence-electron chi connectivity index (χ0n) is 14.7. The largest absolute Gasteiger partial charge is 0.444 e. The number of fused-ring (bicyclic) bond motifs is 1. The van der Waals surface area contributed by atoms with Gasteiger partial charge in [0.15, 0.2) is 0 Å². The average Bonchev–Trinajstić information content (AvgIpc) is 2.44. The van der Waals surface area contributed by atoms with Crippen LogP contribution >= 0.6 is 0 Å². The van der Waals surface area contributed by atoms with Gasteiger partial charge in [0.05, 0.1) is 17.7 Å². The minimum Gasteiger partial charge on any atom is -0.444 e. The summed E-state index contributed by atoms with van der Waals surface area (Å²) in [6, 6.07) is 6.88. The highest BCUT2D eigenvalue weighted by Crippen LogP contribution is 2.37. The number of amides is 2. The molecule has 0 saturated carbocycles. The molecular formula is C18H23N3O3. The van der Waals surface area contributed by atoms with E-state index in [1.54, 1.807) is 43.9 Å². The predicted molar refractivity (Wildman–Crippen MR) is 90.5 cm³/mol. The van der Waals surface area contributed by atoms with Crippen LogP contribution in [0.25, 0.3) is 0 Å². The third-order valence-corrected chi connectivity index (χ3v) is 3.84. The van der Waals surface area contributed by atoms with Gasteiger partial charge in [-0.25, -0.2) is 4.79 Å². The van der Waals surface area contributed by atoms with Crippen molar-refractivity contribution in [3.05, 3.63) is 29.3 Å². The van der Waals surface area contributed by atoms with Crippen molar-refractivity contribution < 1.29 is 14.3 Å². The molecule has 0 bridgehead atoms. The standard InChI is InChI=1S/C18H23N3O3/c1-11-8-15(20-17(23)24-18(3,4)5)14-9-13(10-19)6-7-16(14)21(11)12(2)22/h6-7,9,11,15H,8H2,1-5H3,(H,20,23)/t11-,15+/m0/s1. The lowest BCUT2D eigenvalue weighted by Crippen LogP contribution is -2.46. The molecule has 0 spiro atoms. The van der Waals surface area contributed by atoms with E-state index in [1.807, 2.05) is 6.92 Å². The van der Waals surface area contributed by atoms with Crippen LogP contribution in [-0.4, -0.2) is 23.6 Å². The van der Waals surface area contributed by atoms with Crippen molar-refractivity contribution in [2.24, 2.45) is 0 Å². The van der Waals surface area contributed by atoms with Crippen molar-refractivity contribution in [1.29, 1.82) is 5.26 Å². The van der Waals surface area contributed by atoms with Crippen molar-refractivity contribution in [2.75, 3.05) is 4.90 Å². The van der Waals surface area contributed by atoms with Crippen LogP contribution in [0.5, 0.6) is 0 Å². The number of alkyl carbamates (subject to hydrolysis) is 1. The van der Waals surface area contributed by atoms with Gasteiger partial charge in [0.25, 0.3) is 0 Å². The molecule has 0 radical (unpaired) electrons. The number of anilines is 1. The molecule has 1 aliphatic heterocycles. The first kappa shape index (κ1) is 17.8. The van der Waals surface area contributed by atoms with E-state index < -0.39 is 11.7 Å². The Hall–Kier alpha value is -2.55. The molecule has 0 aromatic heterocycles. The van der Waals surface area contributed by atoms with Crippen molar-refractivity contribution in [1.82, 2.24) is 5.32 Å². The molecular weight excluding hydrogens is 306 g/mol. The second-order valence-corrected chi connectivity index (χ2v) is 7.06. The van der Waals surface area contributed by atoms with E-state index in [0.717, 1.165) is 11.3 Å². The molecule has 1 heterocycles. The van der Waals surface area contributed by atoms with E-state index in [2.05, 4.69) is 11.4 Å². The summed E-state index contributed by atoms with van der Waals surface area (Å²) in [6.45, 7) is 8.85. The monoisotopic (exact) mass is 329 g/mol. The van der Waals surface area contributed by atoms with Crippen LogP contribution in [0.4, 0.5) is 10.5 Å². The Morgan fingerprint density at radius 1 is 1.38 bits per heavy atom. The van der Waals surface area contributed by atoms with Gasteiger partial charge >= 0.3 is 6.09 Å². The summed E-state index contributed by atoms with van der Waals surface area (Å²) < 4.78 is 5.33. The summed E-state index contributed by atoms with van der Waals surface area (Å²) in [5.74, 6) is -0.0656. The Morgan fingerprint density at radius 3 is 2.58 bits per heavy atom. The lowest BCUT2D eigenvalue weighted by molar-refractivity contribution is -0.117. The number of nitriles is 1. The second kappa shape index (κ2) is 6.52. The van der Waals surface area contributed by atoms with Gasteiger partial charge in [0.1, 0.15) is 5.60 Å². The smallest absolute Gasteiger partial charge is 0.408 e. The molecule has 0 saturated heterocycles. The van der Waals surface area contributed by atoms with Gasteiger partial charge < -0.3 is 15.0 Å². The van der Waals surface area contributed by atoms with Crippen LogP contribution < -0.4 is 10.2 Å². The maximum atomic E-state index is 12.1. The summed E-state index contributed by atoms with van der Waals surface area (Å²) in [5.41, 5.74) is 1.38. The van der Waals surface area contributed by atoms with Crippen molar-refractivity contribution in [2.45, 2.75) is 58.7 Å². The Morgan fingerprint density at radius 2 is 2.04 bits per heavy atom. The summed E-state index contributed by atoms with van der Waals surface area (Å²) >= 11 is 0. The van der Waals surface area contributed by atoms with E-state index in [4.69, 9.17) is 10.00 Å². The third-order valence-electron chi connectivity index (χ3n) is 3.84. The van der Waals surface area contributed by atoms with Gasteiger partial charge in [0, 0.05) is 18.7 Å². The fraction of sp³-hybridized carbons (Fsp3) is 0.500. The van der Waals surface area contributed by atoms with Gasteiger partial charge in [0.2, 0.25) is 5.91 Å². The van der Waals surface area contributed by atoms with Gasteiger partial charge in [-0.3, -0.25) is 4.79 Å². The fourth-order valence-electron chi connectivity index (χ4n) is 3.00. The average molecular weight is 329 g/mol. The van der Waals surface area contributed by atoms with Crippen LogP contribution in [-0.2, 0) is 9.53 Å². The number of ether oxygens (including phenoxy) is 1. The molecule has 128 valence electrons. The van der Waals surface area contributed by atoms with Crippen LogP contribution in [0, 0.1) is 11.3 Å². The Labute approximate surface area is 142 Å². The molecule has 6 heteroatoms. The molecule has 24 heavy (non-hydrogen) atoms. The number of carbonyl (C=O) groups excluding carboxylic acids is 2. The maximum absolute atomic E-state index is 12.1. The van der Waals surface area contributed by atoms with Crippen LogP contribution in [0.1, 0.15) is 58.2 Å². The quantitative estimate of drug-likeness (QED) is 0.857. The SMILES string of the molecule is CC(=O)N1c2ccc(C#N)cc2[C@H](NC(=O)OC(C)(C)C)C[C@@H]1C. The van der Waals surface area contributed by atoms with E-state index in [0.29, 0.717) is 12.0 Å². The van der Waals surface area contributed by atoms with Crippen molar-refractivity contribution in [3.63, 3.8) is 0 Å². The number of benzene rings is 1. The summed E-state index contributed by atoms with van der Waals surface area (Å²) in [4.78, 5) is 25.8. The number of hydrogen-bond acceptors (Lipinski definition) is 4. The zero-order chi connectivity index (χ0) is 18.1. The normalized spacial score (nSPS) is 19.9. The van der Waals surface area contributed by atoms with E-state index in [1.165, 1.54) is 6.92 Å². The number of rotatable bonds is 1. The highest BCUT2D eigenvalue weighted by atomic mass is 16.6.